The smallest absolute Gasteiger partial charge is 0.01000 e. The van der Waals surface area contributed by atoms with Crippen molar-refractivity contribution in [2.45, 2.75) is 25.7 Å². The summed E-state index contributed by atoms with van der Waals surface area (Å²) >= 11 is 2.10. The largest absolute Gasteiger partial charge is 0.271 e. The minimum Gasteiger partial charge on any atom is -0.271 e. The van der Waals surface area contributed by atoms with Gasteiger partial charge in [0.15, 0.2) is 0 Å². The minimum absolute atomic E-state index is 0.932. The lowest BCUT2D eigenvalue weighted by atomic mass is 9.97. The molecular formula is C8H18N2S. The Morgan fingerprint density at radius 3 is 3.09 bits per heavy atom. The number of thioether (sulfide) groups is 1. The third-order valence-electron chi connectivity index (χ3n) is 2.27. The van der Waals surface area contributed by atoms with Crippen LogP contribution in [-0.2, 0) is 0 Å². The maximum Gasteiger partial charge on any atom is 0.01000 e. The monoisotopic (exact) mass is 174 g/mol. The lowest BCUT2D eigenvalue weighted by molar-refractivity contribution is 0.430. The Morgan fingerprint density at radius 2 is 2.27 bits per heavy atom. The summed E-state index contributed by atoms with van der Waals surface area (Å²) in [6, 6.07) is 0. The molecule has 11 heavy (non-hydrogen) atoms. The zero-order valence-electron chi connectivity index (χ0n) is 7.01. The van der Waals surface area contributed by atoms with Gasteiger partial charge in [-0.15, -0.1) is 0 Å². The maximum atomic E-state index is 5.23. The highest BCUT2D eigenvalue weighted by atomic mass is 32.2. The Morgan fingerprint density at radius 1 is 1.36 bits per heavy atom. The summed E-state index contributed by atoms with van der Waals surface area (Å²) in [7, 11) is 0. The van der Waals surface area contributed by atoms with Gasteiger partial charge in [-0.05, 0) is 43.1 Å². The predicted molar refractivity (Wildman–Crippen MR) is 51.5 cm³/mol. The number of hydrogen-bond acceptors (Lipinski definition) is 3. The fraction of sp³-hybridized carbons (Fsp3) is 1.00. The molecule has 0 spiro atoms. The lowest BCUT2D eigenvalue weighted by Gasteiger charge is -2.11. The Balaban J connectivity index is 2.09. The Bertz CT molecular complexity index is 90.1. The second-order valence-corrected chi connectivity index (χ2v) is 4.38. The van der Waals surface area contributed by atoms with Gasteiger partial charge in [0.25, 0.3) is 0 Å². The van der Waals surface area contributed by atoms with E-state index in [-0.39, 0.29) is 0 Å². The van der Waals surface area contributed by atoms with Crippen LogP contribution in [0.5, 0.6) is 0 Å². The molecule has 0 aromatic carbocycles. The summed E-state index contributed by atoms with van der Waals surface area (Å²) in [6.45, 7) is 0.981. The summed E-state index contributed by atoms with van der Waals surface area (Å²) in [5, 5.41) is 0. The summed E-state index contributed by atoms with van der Waals surface area (Å²) in [5.41, 5.74) is 2.73. The molecule has 66 valence electrons. The van der Waals surface area contributed by atoms with Gasteiger partial charge in [-0.2, -0.15) is 11.8 Å². The highest BCUT2D eigenvalue weighted by molar-refractivity contribution is 7.99. The fourth-order valence-corrected chi connectivity index (χ4v) is 2.62. The molecule has 1 rings (SSSR count). The van der Waals surface area contributed by atoms with Gasteiger partial charge in [0.1, 0.15) is 0 Å². The van der Waals surface area contributed by atoms with Crippen molar-refractivity contribution < 1.29 is 0 Å². The van der Waals surface area contributed by atoms with Crippen molar-refractivity contribution in [3.63, 3.8) is 0 Å². The Hall–Kier alpha value is 0.270. The number of rotatable bonds is 3. The molecule has 0 aromatic rings. The van der Waals surface area contributed by atoms with Crippen molar-refractivity contribution >= 4 is 11.8 Å². The van der Waals surface area contributed by atoms with Gasteiger partial charge in [0, 0.05) is 6.54 Å². The topological polar surface area (TPSA) is 38.0 Å². The molecule has 1 fully saturated rings. The van der Waals surface area contributed by atoms with Gasteiger partial charge in [-0.1, -0.05) is 0 Å². The fourth-order valence-electron chi connectivity index (χ4n) is 1.55. The average Bonchev–Trinajstić information content (AvgIpc) is 2.28. The predicted octanol–water partition coefficient (Wildman–Crippen LogP) is 1.37. The van der Waals surface area contributed by atoms with Crippen molar-refractivity contribution in [3.05, 3.63) is 0 Å². The molecule has 2 nitrogen and oxygen atoms in total. The highest BCUT2D eigenvalue weighted by Crippen LogP contribution is 2.23. The van der Waals surface area contributed by atoms with Crippen LogP contribution in [0.25, 0.3) is 0 Å². The molecule has 1 heterocycles. The van der Waals surface area contributed by atoms with Crippen LogP contribution in [0.1, 0.15) is 25.7 Å². The maximum absolute atomic E-state index is 5.23. The zero-order chi connectivity index (χ0) is 7.94. The number of hydrazine groups is 1. The standard InChI is InChI=1S/C8H18N2S/c9-10-5-3-8-2-1-6-11-7-4-8/h8,10H,1-7,9H2. The first kappa shape index (κ1) is 9.36. The molecule has 1 saturated heterocycles. The van der Waals surface area contributed by atoms with Gasteiger partial charge in [0.05, 0.1) is 0 Å². The van der Waals surface area contributed by atoms with Crippen LogP contribution < -0.4 is 11.3 Å². The first-order chi connectivity index (χ1) is 5.43. The summed E-state index contributed by atoms with van der Waals surface area (Å²) in [6.07, 6.45) is 5.47. The molecule has 3 N–H and O–H groups in total. The second kappa shape index (κ2) is 5.86. The van der Waals surface area contributed by atoms with E-state index in [0.717, 1.165) is 12.5 Å². The van der Waals surface area contributed by atoms with Crippen LogP contribution in [0, 0.1) is 5.92 Å². The quantitative estimate of drug-likeness (QED) is 0.501. The van der Waals surface area contributed by atoms with Crippen LogP contribution >= 0.6 is 11.8 Å². The van der Waals surface area contributed by atoms with E-state index in [1.165, 1.54) is 37.2 Å². The average molecular weight is 174 g/mol. The minimum atomic E-state index is 0.932. The van der Waals surface area contributed by atoms with Gasteiger partial charge < -0.3 is 0 Å². The first-order valence-electron chi connectivity index (χ1n) is 4.44. The van der Waals surface area contributed by atoms with Crippen molar-refractivity contribution in [2.24, 2.45) is 11.8 Å². The van der Waals surface area contributed by atoms with Gasteiger partial charge in [0.2, 0.25) is 0 Å². The Kier molecular flexibility index (Phi) is 4.99. The van der Waals surface area contributed by atoms with Crippen LogP contribution in [0.4, 0.5) is 0 Å². The van der Waals surface area contributed by atoms with Crippen LogP contribution in [0.3, 0.4) is 0 Å². The first-order valence-corrected chi connectivity index (χ1v) is 5.60. The summed E-state index contributed by atoms with van der Waals surface area (Å²) in [4.78, 5) is 0. The van der Waals surface area contributed by atoms with E-state index in [4.69, 9.17) is 5.84 Å². The summed E-state index contributed by atoms with van der Waals surface area (Å²) in [5.74, 6) is 8.89. The molecule has 1 atom stereocenters. The van der Waals surface area contributed by atoms with Crippen molar-refractivity contribution in [1.29, 1.82) is 0 Å². The normalized spacial score (nSPS) is 26.5. The van der Waals surface area contributed by atoms with E-state index in [0.29, 0.717) is 0 Å². The van der Waals surface area contributed by atoms with Crippen molar-refractivity contribution in [1.82, 2.24) is 5.43 Å². The summed E-state index contributed by atoms with van der Waals surface area (Å²) < 4.78 is 0. The molecule has 0 saturated carbocycles. The number of nitrogens with two attached hydrogens (primary N) is 1. The van der Waals surface area contributed by atoms with E-state index in [1.54, 1.807) is 0 Å². The van der Waals surface area contributed by atoms with E-state index in [1.807, 2.05) is 0 Å². The zero-order valence-corrected chi connectivity index (χ0v) is 7.83. The van der Waals surface area contributed by atoms with Crippen LogP contribution in [-0.4, -0.2) is 18.1 Å². The number of nitrogens with one attached hydrogen (secondary N) is 1. The van der Waals surface area contributed by atoms with Crippen molar-refractivity contribution in [3.8, 4) is 0 Å². The lowest BCUT2D eigenvalue weighted by Crippen LogP contribution is -2.24. The van der Waals surface area contributed by atoms with Gasteiger partial charge in [-0.25, -0.2) is 0 Å². The van der Waals surface area contributed by atoms with Crippen LogP contribution in [0.15, 0.2) is 0 Å². The van der Waals surface area contributed by atoms with E-state index < -0.39 is 0 Å². The SMILES string of the molecule is NNCCC1CCCSCC1. The van der Waals surface area contributed by atoms with Crippen molar-refractivity contribution in [2.75, 3.05) is 18.1 Å². The molecule has 1 unspecified atom stereocenters. The molecular weight excluding hydrogens is 156 g/mol. The highest BCUT2D eigenvalue weighted by Gasteiger charge is 2.10. The van der Waals surface area contributed by atoms with E-state index >= 15 is 0 Å². The number of hydrogen-bond donors (Lipinski definition) is 2. The molecule has 0 radical (unpaired) electrons. The third-order valence-corrected chi connectivity index (χ3v) is 3.37. The molecule has 3 heteroatoms. The third kappa shape index (κ3) is 3.99. The van der Waals surface area contributed by atoms with Gasteiger partial charge >= 0.3 is 0 Å². The molecule has 0 aliphatic carbocycles. The van der Waals surface area contributed by atoms with Crippen LogP contribution in [0.2, 0.25) is 0 Å². The Labute approximate surface area is 73.3 Å². The molecule has 1 aliphatic heterocycles. The molecule has 0 aromatic heterocycles. The van der Waals surface area contributed by atoms with E-state index in [9.17, 15) is 0 Å². The molecule has 0 amide bonds. The second-order valence-electron chi connectivity index (χ2n) is 3.15. The van der Waals surface area contributed by atoms with Gasteiger partial charge in [-0.3, -0.25) is 11.3 Å². The van der Waals surface area contributed by atoms with E-state index in [2.05, 4.69) is 17.2 Å². The molecule has 0 bridgehead atoms. The molecule has 1 aliphatic rings.